The molecule has 150 valence electrons. The number of hydrogen-bond donors (Lipinski definition) is 1. The van der Waals surface area contributed by atoms with Crippen molar-refractivity contribution < 1.29 is 14.6 Å². The fourth-order valence-electron chi connectivity index (χ4n) is 3.51. The minimum Gasteiger partial charge on any atom is -0.477 e. The molecule has 0 aliphatic carbocycles. The first-order valence-electron chi connectivity index (χ1n) is 9.35. The normalized spacial score (nSPS) is 11.9. The summed E-state index contributed by atoms with van der Waals surface area (Å²) >= 11 is 6.40. The highest BCUT2D eigenvalue weighted by Crippen LogP contribution is 2.37. The number of carbonyl (C=O) groups is 1. The van der Waals surface area contributed by atoms with E-state index in [9.17, 15) is 9.90 Å². The van der Waals surface area contributed by atoms with E-state index in [4.69, 9.17) is 21.3 Å². The van der Waals surface area contributed by atoms with Crippen LogP contribution in [0.25, 0.3) is 22.6 Å². The molecule has 0 bridgehead atoms. The number of halogens is 1. The van der Waals surface area contributed by atoms with Crippen molar-refractivity contribution in [1.29, 1.82) is 0 Å². The quantitative estimate of drug-likeness (QED) is 0.432. The predicted octanol–water partition coefficient (Wildman–Crippen LogP) is 5.76. The van der Waals surface area contributed by atoms with Crippen LogP contribution in [0, 0.1) is 0 Å². The highest BCUT2D eigenvalue weighted by molar-refractivity contribution is 6.33. The van der Waals surface area contributed by atoms with Crippen molar-refractivity contribution in [3.8, 4) is 22.6 Å². The summed E-state index contributed by atoms with van der Waals surface area (Å²) < 4.78 is 7.40. The molecule has 5 nitrogen and oxygen atoms in total. The third kappa shape index (κ3) is 3.61. The Morgan fingerprint density at radius 3 is 2.17 bits per heavy atom. The van der Waals surface area contributed by atoms with Crippen molar-refractivity contribution in [2.75, 3.05) is 7.11 Å². The number of aromatic nitrogens is 2. The number of carboxylic acids is 1. The number of aromatic carboxylic acids is 1. The van der Waals surface area contributed by atoms with Gasteiger partial charge in [0.25, 0.3) is 0 Å². The Bertz CT molecular complexity index is 1170. The molecule has 0 saturated heterocycles. The summed E-state index contributed by atoms with van der Waals surface area (Å²) in [5, 5.41) is 10.6. The molecule has 0 aliphatic rings. The van der Waals surface area contributed by atoms with Crippen LogP contribution in [0.4, 0.5) is 0 Å². The van der Waals surface area contributed by atoms with E-state index in [1.54, 1.807) is 35.9 Å². The second-order valence-electron chi connectivity index (χ2n) is 6.65. The average Bonchev–Trinajstić information content (AvgIpc) is 3.16. The second kappa shape index (κ2) is 8.53. The maximum atomic E-state index is 12.5. The van der Waals surface area contributed by atoms with Gasteiger partial charge in [0.2, 0.25) is 0 Å². The smallest absolute Gasteiger partial charge is 0.354 e. The van der Waals surface area contributed by atoms with Crippen LogP contribution < -0.4 is 0 Å². The van der Waals surface area contributed by atoms with E-state index in [2.05, 4.69) is 0 Å². The molecule has 0 spiro atoms. The van der Waals surface area contributed by atoms with E-state index in [0.29, 0.717) is 22.1 Å². The van der Waals surface area contributed by atoms with Gasteiger partial charge in [-0.1, -0.05) is 90.5 Å². The van der Waals surface area contributed by atoms with Crippen molar-refractivity contribution in [2.45, 2.75) is 6.23 Å². The van der Waals surface area contributed by atoms with Gasteiger partial charge < -0.3 is 9.84 Å². The molecule has 0 radical (unpaired) electrons. The zero-order valence-electron chi connectivity index (χ0n) is 16.2. The first kappa shape index (κ1) is 19.9. The van der Waals surface area contributed by atoms with Gasteiger partial charge >= 0.3 is 5.97 Å². The highest BCUT2D eigenvalue weighted by Gasteiger charge is 2.30. The minimum atomic E-state index is -1.11. The lowest BCUT2D eigenvalue weighted by Crippen LogP contribution is -2.19. The number of imidazole rings is 1. The van der Waals surface area contributed by atoms with Crippen molar-refractivity contribution >= 4 is 17.6 Å². The van der Waals surface area contributed by atoms with E-state index >= 15 is 0 Å². The zero-order chi connectivity index (χ0) is 21.1. The Hall–Kier alpha value is -3.41. The topological polar surface area (TPSA) is 64.4 Å². The number of hydrogen-bond acceptors (Lipinski definition) is 3. The van der Waals surface area contributed by atoms with E-state index in [-0.39, 0.29) is 5.69 Å². The van der Waals surface area contributed by atoms with Crippen molar-refractivity contribution in [2.24, 2.45) is 0 Å². The van der Waals surface area contributed by atoms with Crippen molar-refractivity contribution in [1.82, 2.24) is 9.55 Å². The molecule has 1 atom stereocenters. The Kier molecular flexibility index (Phi) is 5.65. The maximum absolute atomic E-state index is 12.5. The van der Waals surface area contributed by atoms with Gasteiger partial charge in [-0.25, -0.2) is 9.78 Å². The van der Waals surface area contributed by atoms with Crippen LogP contribution in [0.5, 0.6) is 0 Å². The van der Waals surface area contributed by atoms with Crippen molar-refractivity contribution in [3.05, 3.63) is 101 Å². The SMILES string of the molecule is COC(c1ccccc1)n1c(-c2ccccc2)nc(-c2ccccc2Cl)c1C(=O)O. The fraction of sp³-hybridized carbons (Fsp3) is 0.0833. The summed E-state index contributed by atoms with van der Waals surface area (Å²) in [7, 11) is 1.55. The van der Waals surface area contributed by atoms with Crippen LogP contribution in [-0.2, 0) is 4.74 Å². The van der Waals surface area contributed by atoms with Gasteiger partial charge in [-0.15, -0.1) is 0 Å². The van der Waals surface area contributed by atoms with E-state index in [0.717, 1.165) is 11.1 Å². The fourth-order valence-corrected chi connectivity index (χ4v) is 3.73. The summed E-state index contributed by atoms with van der Waals surface area (Å²) in [5.41, 5.74) is 2.44. The van der Waals surface area contributed by atoms with Gasteiger partial charge in [0.15, 0.2) is 11.9 Å². The standard InChI is InChI=1S/C24H19ClN2O3/c1-30-23(17-12-6-3-7-13-17)27-21(24(28)29)20(18-14-8-9-15-19(18)25)26-22(27)16-10-4-2-5-11-16/h2-15,23H,1H3,(H,28,29). The molecule has 1 heterocycles. The van der Waals surface area contributed by atoms with Crippen LogP contribution in [-0.4, -0.2) is 27.7 Å². The van der Waals surface area contributed by atoms with Gasteiger partial charge in [-0.05, 0) is 6.07 Å². The van der Waals surface area contributed by atoms with Gasteiger partial charge in [-0.3, -0.25) is 4.57 Å². The first-order valence-corrected chi connectivity index (χ1v) is 9.73. The number of nitrogens with zero attached hydrogens (tertiary/aromatic N) is 2. The molecule has 1 aromatic heterocycles. The molecule has 1 unspecified atom stereocenters. The molecule has 0 saturated carbocycles. The molecule has 0 aliphatic heterocycles. The van der Waals surface area contributed by atoms with E-state index in [1.165, 1.54) is 0 Å². The molecular formula is C24H19ClN2O3. The average molecular weight is 419 g/mol. The van der Waals surface area contributed by atoms with Gasteiger partial charge in [0, 0.05) is 23.8 Å². The van der Waals surface area contributed by atoms with Crippen LogP contribution in [0.2, 0.25) is 5.02 Å². The maximum Gasteiger partial charge on any atom is 0.354 e. The van der Waals surface area contributed by atoms with Gasteiger partial charge in [0.05, 0.1) is 5.02 Å². The number of methoxy groups -OCH3 is 1. The lowest BCUT2D eigenvalue weighted by molar-refractivity contribution is 0.0594. The summed E-state index contributed by atoms with van der Waals surface area (Å²) in [4.78, 5) is 17.2. The molecule has 4 rings (SSSR count). The number of ether oxygens (including phenoxy) is 1. The second-order valence-corrected chi connectivity index (χ2v) is 7.06. The van der Waals surface area contributed by atoms with Crippen molar-refractivity contribution in [3.63, 3.8) is 0 Å². The summed E-state index contributed by atoms with van der Waals surface area (Å²) in [6, 6.07) is 26.0. The number of rotatable bonds is 6. The number of carboxylic acid groups (broad SMARTS) is 1. The molecule has 30 heavy (non-hydrogen) atoms. The lowest BCUT2D eigenvalue weighted by atomic mass is 10.1. The number of benzene rings is 3. The molecule has 0 amide bonds. The zero-order valence-corrected chi connectivity index (χ0v) is 17.0. The summed E-state index contributed by atoms with van der Waals surface area (Å²) in [5.74, 6) is -0.629. The van der Waals surface area contributed by atoms with E-state index < -0.39 is 12.2 Å². The third-order valence-corrected chi connectivity index (χ3v) is 5.15. The Balaban J connectivity index is 2.06. The molecular weight excluding hydrogens is 400 g/mol. The minimum absolute atomic E-state index is 0.0117. The van der Waals surface area contributed by atoms with Gasteiger partial charge in [0.1, 0.15) is 11.5 Å². The monoisotopic (exact) mass is 418 g/mol. The Morgan fingerprint density at radius 1 is 0.967 bits per heavy atom. The largest absolute Gasteiger partial charge is 0.477 e. The lowest BCUT2D eigenvalue weighted by Gasteiger charge is -2.21. The predicted molar refractivity (Wildman–Crippen MR) is 117 cm³/mol. The Morgan fingerprint density at radius 2 is 1.57 bits per heavy atom. The van der Waals surface area contributed by atoms with Gasteiger partial charge in [-0.2, -0.15) is 0 Å². The molecule has 4 aromatic rings. The van der Waals surface area contributed by atoms with Crippen LogP contribution >= 0.6 is 11.6 Å². The summed E-state index contributed by atoms with van der Waals surface area (Å²) in [6.07, 6.45) is -0.684. The van der Waals surface area contributed by atoms with Crippen LogP contribution in [0.3, 0.4) is 0 Å². The molecule has 0 fully saturated rings. The highest BCUT2D eigenvalue weighted by atomic mass is 35.5. The summed E-state index contributed by atoms with van der Waals surface area (Å²) in [6.45, 7) is 0. The molecule has 6 heteroatoms. The molecule has 3 aromatic carbocycles. The van der Waals surface area contributed by atoms with Crippen LogP contribution in [0.1, 0.15) is 22.3 Å². The van der Waals surface area contributed by atoms with E-state index in [1.807, 2.05) is 60.7 Å². The Labute approximate surface area is 179 Å². The first-order chi connectivity index (χ1) is 14.6. The third-order valence-electron chi connectivity index (χ3n) is 4.82. The molecule has 1 N–H and O–H groups in total. The van der Waals surface area contributed by atoms with Crippen LogP contribution in [0.15, 0.2) is 84.9 Å².